The van der Waals surface area contributed by atoms with E-state index in [1.807, 2.05) is 63.5 Å². The van der Waals surface area contributed by atoms with Gasteiger partial charge in [-0.2, -0.15) is 0 Å². The summed E-state index contributed by atoms with van der Waals surface area (Å²) in [6, 6.07) is 13.7. The van der Waals surface area contributed by atoms with Crippen molar-refractivity contribution in [1.29, 1.82) is 0 Å². The summed E-state index contributed by atoms with van der Waals surface area (Å²) in [6.07, 6.45) is 1.79. The van der Waals surface area contributed by atoms with Gasteiger partial charge in [0.1, 0.15) is 11.3 Å². The zero-order chi connectivity index (χ0) is 20.4. The second kappa shape index (κ2) is 9.47. The molecule has 0 aliphatic carbocycles. The molecule has 6 nitrogen and oxygen atoms in total. The minimum Gasteiger partial charge on any atom is -0.492 e. The molecule has 0 aliphatic heterocycles. The molecule has 0 saturated carbocycles. The lowest BCUT2D eigenvalue weighted by Crippen LogP contribution is -2.36. The number of hydrogen-bond acceptors (Lipinski definition) is 5. The number of fused-ring (bicyclic) bond motifs is 2. The standard InChI is InChI=1S/C22H24N4O2S.ClH/c1-4-28-18-10-7-11-19-20(18)24-22(29-19)26(13-12-25(2)3)21(27)16-14-23-17-9-6-5-8-15(16)17;/h5-11,14,23H,4,12-13H2,1-3H3;1H. The number of anilines is 1. The number of halogens is 1. The zero-order valence-electron chi connectivity index (χ0n) is 17.2. The third-order valence-electron chi connectivity index (χ3n) is 4.74. The molecule has 4 rings (SSSR count). The van der Waals surface area contributed by atoms with Crippen LogP contribution in [0.15, 0.2) is 48.7 Å². The summed E-state index contributed by atoms with van der Waals surface area (Å²) in [5, 5.41) is 1.60. The van der Waals surface area contributed by atoms with Gasteiger partial charge < -0.3 is 14.6 Å². The number of benzene rings is 2. The Balaban J connectivity index is 0.00000256. The monoisotopic (exact) mass is 444 g/mol. The van der Waals surface area contributed by atoms with E-state index in [0.717, 1.165) is 33.4 Å². The van der Waals surface area contributed by atoms with E-state index in [0.29, 0.717) is 23.8 Å². The molecule has 0 bridgehead atoms. The van der Waals surface area contributed by atoms with Gasteiger partial charge in [0.25, 0.3) is 5.91 Å². The number of aromatic amines is 1. The first-order valence-electron chi connectivity index (χ1n) is 9.63. The van der Waals surface area contributed by atoms with Gasteiger partial charge in [-0.05, 0) is 39.2 Å². The van der Waals surface area contributed by atoms with E-state index in [-0.39, 0.29) is 18.3 Å². The molecule has 0 saturated heterocycles. The van der Waals surface area contributed by atoms with Crippen molar-refractivity contribution in [2.45, 2.75) is 6.92 Å². The number of nitrogens with zero attached hydrogens (tertiary/aromatic N) is 3. The molecular formula is C22H25ClN4O2S. The Morgan fingerprint density at radius 1 is 1.13 bits per heavy atom. The number of H-pyrrole nitrogens is 1. The summed E-state index contributed by atoms with van der Waals surface area (Å²) in [6.45, 7) is 3.82. The van der Waals surface area contributed by atoms with E-state index < -0.39 is 0 Å². The van der Waals surface area contributed by atoms with Crippen LogP contribution in [0.2, 0.25) is 0 Å². The largest absolute Gasteiger partial charge is 0.492 e. The van der Waals surface area contributed by atoms with Gasteiger partial charge in [0, 0.05) is 30.2 Å². The number of hydrogen-bond donors (Lipinski definition) is 1. The van der Waals surface area contributed by atoms with Crippen LogP contribution < -0.4 is 9.64 Å². The summed E-state index contributed by atoms with van der Waals surface area (Å²) in [7, 11) is 4.00. The lowest BCUT2D eigenvalue weighted by Gasteiger charge is -2.21. The quantitative estimate of drug-likeness (QED) is 0.444. The van der Waals surface area contributed by atoms with Crippen LogP contribution >= 0.6 is 23.7 Å². The number of likely N-dealkylation sites (N-methyl/N-ethyl adjacent to an activating group) is 1. The van der Waals surface area contributed by atoms with Crippen LogP contribution in [0.1, 0.15) is 17.3 Å². The highest BCUT2D eigenvalue weighted by atomic mass is 35.5. The first kappa shape index (κ1) is 22.1. The molecule has 2 aromatic carbocycles. The van der Waals surface area contributed by atoms with Crippen molar-refractivity contribution in [2.75, 3.05) is 38.7 Å². The van der Waals surface area contributed by atoms with Gasteiger partial charge in [-0.25, -0.2) is 4.98 Å². The van der Waals surface area contributed by atoms with Crippen molar-refractivity contribution in [3.05, 3.63) is 54.2 Å². The molecule has 0 spiro atoms. The van der Waals surface area contributed by atoms with Crippen LogP contribution in [0.25, 0.3) is 21.1 Å². The summed E-state index contributed by atoms with van der Waals surface area (Å²) in [5.74, 6) is 0.695. The molecule has 1 amide bonds. The van der Waals surface area contributed by atoms with E-state index in [1.165, 1.54) is 11.3 Å². The fraction of sp³-hybridized carbons (Fsp3) is 0.273. The molecule has 1 N–H and O–H groups in total. The Kier molecular flexibility index (Phi) is 6.97. The van der Waals surface area contributed by atoms with E-state index in [9.17, 15) is 4.79 Å². The van der Waals surface area contributed by atoms with Gasteiger partial charge in [-0.15, -0.1) is 12.4 Å². The van der Waals surface area contributed by atoms with Gasteiger partial charge in [-0.1, -0.05) is 35.6 Å². The first-order valence-corrected chi connectivity index (χ1v) is 10.4. The Labute approximate surface area is 185 Å². The number of ether oxygens (including phenoxy) is 1. The predicted octanol–water partition coefficient (Wildman–Crippen LogP) is 4.81. The minimum absolute atomic E-state index is 0. The molecule has 0 atom stereocenters. The lowest BCUT2D eigenvalue weighted by atomic mass is 10.1. The second-order valence-corrected chi connectivity index (χ2v) is 8.05. The zero-order valence-corrected chi connectivity index (χ0v) is 18.8. The fourth-order valence-electron chi connectivity index (χ4n) is 3.28. The highest BCUT2D eigenvalue weighted by Gasteiger charge is 2.24. The fourth-order valence-corrected chi connectivity index (χ4v) is 4.28. The number of para-hydroxylation sites is 2. The summed E-state index contributed by atoms with van der Waals surface area (Å²) >= 11 is 1.51. The topological polar surface area (TPSA) is 61.5 Å². The number of carbonyl (C=O) groups is 1. The Morgan fingerprint density at radius 3 is 2.70 bits per heavy atom. The Bertz CT molecular complexity index is 1150. The molecular weight excluding hydrogens is 420 g/mol. The van der Waals surface area contributed by atoms with E-state index in [4.69, 9.17) is 9.72 Å². The third kappa shape index (κ3) is 4.28. The number of aromatic nitrogens is 2. The van der Waals surface area contributed by atoms with Crippen LogP contribution in [-0.4, -0.2) is 54.6 Å². The molecule has 0 radical (unpaired) electrons. The Morgan fingerprint density at radius 2 is 1.93 bits per heavy atom. The highest BCUT2D eigenvalue weighted by Crippen LogP contribution is 2.35. The van der Waals surface area contributed by atoms with E-state index >= 15 is 0 Å². The first-order chi connectivity index (χ1) is 14.1. The summed E-state index contributed by atoms with van der Waals surface area (Å²) in [4.78, 5) is 25.4. The molecule has 0 fully saturated rings. The Hall–Kier alpha value is -2.61. The van der Waals surface area contributed by atoms with Crippen molar-refractivity contribution < 1.29 is 9.53 Å². The minimum atomic E-state index is -0.0543. The smallest absolute Gasteiger partial charge is 0.262 e. The molecule has 4 aromatic rings. The third-order valence-corrected chi connectivity index (χ3v) is 5.78. The molecule has 0 unspecified atom stereocenters. The number of thiazole rings is 1. The van der Waals surface area contributed by atoms with Crippen LogP contribution in [0.3, 0.4) is 0 Å². The van der Waals surface area contributed by atoms with Gasteiger partial charge in [0.15, 0.2) is 5.13 Å². The van der Waals surface area contributed by atoms with Crippen LogP contribution in [-0.2, 0) is 0 Å². The highest BCUT2D eigenvalue weighted by molar-refractivity contribution is 7.22. The van der Waals surface area contributed by atoms with Crippen molar-refractivity contribution in [1.82, 2.24) is 14.9 Å². The number of carbonyl (C=O) groups excluding carboxylic acids is 1. The predicted molar refractivity (Wildman–Crippen MR) is 127 cm³/mol. The van der Waals surface area contributed by atoms with Crippen molar-refractivity contribution >= 4 is 55.9 Å². The van der Waals surface area contributed by atoms with Gasteiger partial charge in [0.05, 0.1) is 16.9 Å². The molecule has 2 heterocycles. The maximum atomic E-state index is 13.5. The van der Waals surface area contributed by atoms with Crippen LogP contribution in [0.4, 0.5) is 5.13 Å². The van der Waals surface area contributed by atoms with Gasteiger partial charge in [-0.3, -0.25) is 9.69 Å². The molecule has 30 heavy (non-hydrogen) atoms. The van der Waals surface area contributed by atoms with Crippen molar-refractivity contribution in [3.63, 3.8) is 0 Å². The average Bonchev–Trinajstić information content (AvgIpc) is 3.33. The molecule has 0 aliphatic rings. The number of nitrogens with one attached hydrogen (secondary N) is 1. The number of rotatable bonds is 7. The number of amides is 1. The molecule has 8 heteroatoms. The SMILES string of the molecule is CCOc1cccc2sc(N(CCN(C)C)C(=O)c3c[nH]c4ccccc34)nc12.Cl. The lowest BCUT2D eigenvalue weighted by molar-refractivity contribution is 0.0987. The van der Waals surface area contributed by atoms with Gasteiger partial charge >= 0.3 is 0 Å². The maximum absolute atomic E-state index is 13.5. The van der Waals surface area contributed by atoms with Crippen molar-refractivity contribution in [3.8, 4) is 5.75 Å². The normalized spacial score (nSPS) is 11.1. The van der Waals surface area contributed by atoms with E-state index in [1.54, 1.807) is 11.1 Å². The van der Waals surface area contributed by atoms with Crippen molar-refractivity contribution in [2.24, 2.45) is 0 Å². The maximum Gasteiger partial charge on any atom is 0.262 e. The summed E-state index contributed by atoms with van der Waals surface area (Å²) in [5.41, 5.74) is 2.41. The van der Waals surface area contributed by atoms with Crippen LogP contribution in [0.5, 0.6) is 5.75 Å². The van der Waals surface area contributed by atoms with E-state index in [2.05, 4.69) is 9.88 Å². The average molecular weight is 445 g/mol. The molecule has 158 valence electrons. The molecule has 2 aromatic heterocycles. The van der Waals surface area contributed by atoms with Crippen LogP contribution in [0, 0.1) is 0 Å². The van der Waals surface area contributed by atoms with Gasteiger partial charge in [0.2, 0.25) is 0 Å². The second-order valence-electron chi connectivity index (χ2n) is 7.04. The summed E-state index contributed by atoms with van der Waals surface area (Å²) < 4.78 is 6.74.